The van der Waals surface area contributed by atoms with Crippen molar-refractivity contribution in [2.75, 3.05) is 11.9 Å². The van der Waals surface area contributed by atoms with Crippen molar-refractivity contribution in [1.82, 2.24) is 10.2 Å². The van der Waals surface area contributed by atoms with E-state index in [1.165, 1.54) is 0 Å². The summed E-state index contributed by atoms with van der Waals surface area (Å²) in [7, 11) is 0. The summed E-state index contributed by atoms with van der Waals surface area (Å²) in [6, 6.07) is 7.11. The highest BCUT2D eigenvalue weighted by atomic mass is 16.2. The Morgan fingerprint density at radius 2 is 1.93 bits per heavy atom. The van der Waals surface area contributed by atoms with Crippen LogP contribution in [0.3, 0.4) is 0 Å². The molecule has 1 saturated heterocycles. The van der Waals surface area contributed by atoms with Gasteiger partial charge in [0.25, 0.3) is 5.91 Å². The molecule has 1 heterocycles. The lowest BCUT2D eigenvalue weighted by Gasteiger charge is -2.40. The Hall–Kier alpha value is -2.37. The highest BCUT2D eigenvalue weighted by molar-refractivity contribution is 6.10. The van der Waals surface area contributed by atoms with Gasteiger partial charge in [0.1, 0.15) is 12.1 Å². The molecule has 0 unspecified atom stereocenters. The third-order valence-electron chi connectivity index (χ3n) is 6.23. The summed E-state index contributed by atoms with van der Waals surface area (Å²) >= 11 is 0. The molecular formula is C22H31N3O3. The van der Waals surface area contributed by atoms with Crippen molar-refractivity contribution in [2.24, 2.45) is 11.3 Å². The van der Waals surface area contributed by atoms with Crippen molar-refractivity contribution < 1.29 is 14.4 Å². The fourth-order valence-corrected chi connectivity index (χ4v) is 4.35. The van der Waals surface area contributed by atoms with Gasteiger partial charge in [0.15, 0.2) is 0 Å². The second kappa shape index (κ2) is 7.57. The predicted octanol–water partition coefficient (Wildman–Crippen LogP) is 3.71. The first-order chi connectivity index (χ1) is 13.1. The molecule has 6 nitrogen and oxygen atoms in total. The summed E-state index contributed by atoms with van der Waals surface area (Å²) in [6.45, 7) is 8.44. The first-order valence-corrected chi connectivity index (χ1v) is 10.2. The standard InChI is InChI=1S/C22H31N3O3/c1-5-15-7-6-8-17(13-15)23-18(26)14-25-19(27)22(24-20(25)28)11-9-16(10-12-22)21(2,3)4/h6-8,13,16H,5,9-12,14H2,1-4H3,(H,23,26)(H,24,28). The zero-order chi connectivity index (χ0) is 20.5. The van der Waals surface area contributed by atoms with Gasteiger partial charge in [-0.05, 0) is 61.1 Å². The van der Waals surface area contributed by atoms with Gasteiger partial charge in [-0.3, -0.25) is 14.5 Å². The number of nitrogens with one attached hydrogen (secondary N) is 2. The van der Waals surface area contributed by atoms with E-state index in [1.807, 2.05) is 25.1 Å². The smallest absolute Gasteiger partial charge is 0.325 e. The molecule has 28 heavy (non-hydrogen) atoms. The molecule has 1 aromatic rings. The van der Waals surface area contributed by atoms with Crippen LogP contribution in [-0.2, 0) is 16.0 Å². The van der Waals surface area contributed by atoms with Gasteiger partial charge in [0.05, 0.1) is 0 Å². The molecule has 1 saturated carbocycles. The topological polar surface area (TPSA) is 78.5 Å². The van der Waals surface area contributed by atoms with Gasteiger partial charge < -0.3 is 10.6 Å². The molecule has 1 aromatic carbocycles. The number of aryl methyl sites for hydroxylation is 1. The molecular weight excluding hydrogens is 354 g/mol. The average Bonchev–Trinajstić information content (AvgIpc) is 2.85. The number of hydrogen-bond donors (Lipinski definition) is 2. The molecule has 2 N–H and O–H groups in total. The van der Waals surface area contributed by atoms with E-state index in [4.69, 9.17) is 0 Å². The summed E-state index contributed by atoms with van der Waals surface area (Å²) < 4.78 is 0. The molecule has 6 heteroatoms. The second-order valence-electron chi connectivity index (χ2n) is 9.15. The van der Waals surface area contributed by atoms with Crippen LogP contribution in [0, 0.1) is 11.3 Å². The predicted molar refractivity (Wildman–Crippen MR) is 109 cm³/mol. The fraction of sp³-hybridized carbons (Fsp3) is 0.591. The lowest BCUT2D eigenvalue weighted by molar-refractivity contribution is -0.135. The summed E-state index contributed by atoms with van der Waals surface area (Å²) in [5.41, 5.74) is 1.15. The van der Waals surface area contributed by atoms with Crippen LogP contribution in [0.2, 0.25) is 0 Å². The Morgan fingerprint density at radius 3 is 2.54 bits per heavy atom. The van der Waals surface area contributed by atoms with E-state index >= 15 is 0 Å². The van der Waals surface area contributed by atoms with E-state index in [0.717, 1.165) is 29.7 Å². The number of benzene rings is 1. The van der Waals surface area contributed by atoms with Gasteiger partial charge in [0.2, 0.25) is 5.91 Å². The zero-order valence-corrected chi connectivity index (χ0v) is 17.3. The van der Waals surface area contributed by atoms with Gasteiger partial charge in [0, 0.05) is 5.69 Å². The lowest BCUT2D eigenvalue weighted by Crippen LogP contribution is -2.50. The number of urea groups is 1. The number of rotatable bonds is 4. The van der Waals surface area contributed by atoms with E-state index in [0.29, 0.717) is 24.4 Å². The van der Waals surface area contributed by atoms with Gasteiger partial charge in [-0.15, -0.1) is 0 Å². The number of hydrogen-bond acceptors (Lipinski definition) is 3. The highest BCUT2D eigenvalue weighted by Gasteiger charge is 2.53. The minimum absolute atomic E-state index is 0.194. The van der Waals surface area contributed by atoms with Crippen LogP contribution in [0.25, 0.3) is 0 Å². The van der Waals surface area contributed by atoms with Crippen LogP contribution in [0.5, 0.6) is 0 Å². The number of anilines is 1. The Kier molecular flexibility index (Phi) is 5.50. The lowest BCUT2D eigenvalue weighted by atomic mass is 9.67. The molecule has 1 spiro atoms. The minimum atomic E-state index is -0.832. The minimum Gasteiger partial charge on any atom is -0.325 e. The van der Waals surface area contributed by atoms with Crippen LogP contribution < -0.4 is 10.6 Å². The third kappa shape index (κ3) is 4.05. The first kappa shape index (κ1) is 20.4. The van der Waals surface area contributed by atoms with E-state index in [1.54, 1.807) is 6.07 Å². The summed E-state index contributed by atoms with van der Waals surface area (Å²) in [5.74, 6) is -0.0921. The first-order valence-electron chi connectivity index (χ1n) is 10.2. The van der Waals surface area contributed by atoms with Crippen molar-refractivity contribution in [3.63, 3.8) is 0 Å². The normalized spacial score (nSPS) is 25.1. The molecule has 3 rings (SSSR count). The van der Waals surface area contributed by atoms with Crippen LogP contribution in [0.4, 0.5) is 10.5 Å². The van der Waals surface area contributed by atoms with Crippen LogP contribution in [-0.4, -0.2) is 34.8 Å². The number of nitrogens with zero attached hydrogens (tertiary/aromatic N) is 1. The Bertz CT molecular complexity index is 773. The molecule has 1 aliphatic heterocycles. The largest absolute Gasteiger partial charge is 0.325 e. The SMILES string of the molecule is CCc1cccc(NC(=O)CN2C(=O)NC3(CCC(C(C)(C)C)CC3)C2=O)c1. The average molecular weight is 386 g/mol. The van der Waals surface area contributed by atoms with Gasteiger partial charge in [-0.25, -0.2) is 4.79 Å². The molecule has 152 valence electrons. The van der Waals surface area contributed by atoms with Crippen molar-refractivity contribution >= 4 is 23.5 Å². The molecule has 2 aliphatic rings. The van der Waals surface area contributed by atoms with Crippen molar-refractivity contribution in [1.29, 1.82) is 0 Å². The molecule has 0 atom stereocenters. The quantitative estimate of drug-likeness (QED) is 0.776. The van der Waals surface area contributed by atoms with Crippen LogP contribution >= 0.6 is 0 Å². The van der Waals surface area contributed by atoms with Gasteiger partial charge >= 0.3 is 6.03 Å². The van der Waals surface area contributed by atoms with E-state index in [9.17, 15) is 14.4 Å². The van der Waals surface area contributed by atoms with Crippen molar-refractivity contribution in [3.05, 3.63) is 29.8 Å². The number of carbonyl (C=O) groups excluding carboxylic acids is 3. The van der Waals surface area contributed by atoms with E-state index in [-0.39, 0.29) is 23.8 Å². The fourth-order valence-electron chi connectivity index (χ4n) is 4.35. The molecule has 2 fully saturated rings. The maximum Gasteiger partial charge on any atom is 0.325 e. The van der Waals surface area contributed by atoms with Crippen molar-refractivity contribution in [3.8, 4) is 0 Å². The maximum atomic E-state index is 13.0. The highest BCUT2D eigenvalue weighted by Crippen LogP contribution is 2.43. The van der Waals surface area contributed by atoms with Crippen LogP contribution in [0.1, 0.15) is 58.9 Å². The summed E-state index contributed by atoms with van der Waals surface area (Å²) in [6.07, 6.45) is 3.94. The van der Waals surface area contributed by atoms with Crippen LogP contribution in [0.15, 0.2) is 24.3 Å². The van der Waals surface area contributed by atoms with E-state index < -0.39 is 11.6 Å². The molecule has 4 amide bonds. The summed E-state index contributed by atoms with van der Waals surface area (Å²) in [5, 5.41) is 5.68. The van der Waals surface area contributed by atoms with Gasteiger partial charge in [-0.1, -0.05) is 39.8 Å². The second-order valence-corrected chi connectivity index (χ2v) is 9.15. The third-order valence-corrected chi connectivity index (χ3v) is 6.23. The maximum absolute atomic E-state index is 13.0. The Labute approximate surface area is 167 Å². The Balaban J connectivity index is 1.63. The Morgan fingerprint density at radius 1 is 1.25 bits per heavy atom. The monoisotopic (exact) mass is 385 g/mol. The van der Waals surface area contributed by atoms with E-state index in [2.05, 4.69) is 31.4 Å². The number of imide groups is 1. The molecule has 0 bridgehead atoms. The zero-order valence-electron chi connectivity index (χ0n) is 17.3. The number of carbonyl (C=O) groups is 3. The number of amides is 4. The summed E-state index contributed by atoms with van der Waals surface area (Å²) in [4.78, 5) is 38.9. The molecule has 0 radical (unpaired) electrons. The molecule has 1 aliphatic carbocycles. The van der Waals surface area contributed by atoms with Gasteiger partial charge in [-0.2, -0.15) is 0 Å². The van der Waals surface area contributed by atoms with Crippen molar-refractivity contribution in [2.45, 2.75) is 65.3 Å². The molecule has 0 aromatic heterocycles.